The van der Waals surface area contributed by atoms with Crippen LogP contribution in [0.15, 0.2) is 65.7 Å². The Labute approximate surface area is 177 Å². The zero-order chi connectivity index (χ0) is 19.4. The van der Waals surface area contributed by atoms with Crippen molar-refractivity contribution in [1.82, 2.24) is 9.29 Å². The summed E-state index contributed by atoms with van der Waals surface area (Å²) in [5, 5.41) is 4.27. The molecule has 1 aromatic heterocycles. The number of nitrogens with zero attached hydrogens (tertiary/aromatic N) is 1. The number of fused-ring (bicyclic) bond motifs is 1. The van der Waals surface area contributed by atoms with E-state index in [-0.39, 0.29) is 17.3 Å². The molecule has 0 atom stereocenters. The van der Waals surface area contributed by atoms with Crippen LogP contribution >= 0.6 is 12.4 Å². The molecule has 0 spiro atoms. The summed E-state index contributed by atoms with van der Waals surface area (Å²) in [4.78, 5) is 0.263. The van der Waals surface area contributed by atoms with Gasteiger partial charge in [-0.25, -0.2) is 12.4 Å². The van der Waals surface area contributed by atoms with Crippen LogP contribution in [0.5, 0.6) is 5.75 Å². The number of nitrogens with one attached hydrogen (secondary N) is 1. The maximum atomic E-state index is 13.0. The van der Waals surface area contributed by atoms with Crippen LogP contribution in [0.25, 0.3) is 10.9 Å². The summed E-state index contributed by atoms with van der Waals surface area (Å²) >= 11 is 0. The Morgan fingerprint density at radius 2 is 1.79 bits per heavy atom. The van der Waals surface area contributed by atoms with Gasteiger partial charge in [-0.1, -0.05) is 24.3 Å². The zero-order valence-corrected chi connectivity index (χ0v) is 17.6. The Morgan fingerprint density at radius 3 is 2.55 bits per heavy atom. The van der Waals surface area contributed by atoms with Crippen molar-refractivity contribution in [2.45, 2.75) is 23.8 Å². The average Bonchev–Trinajstić information content (AvgIpc) is 3.18. The molecule has 1 aliphatic heterocycles. The first-order valence-electron chi connectivity index (χ1n) is 9.51. The second-order valence-electron chi connectivity index (χ2n) is 6.81. The monoisotopic (exact) mass is 436 g/mol. The van der Waals surface area contributed by atoms with Crippen molar-refractivity contribution in [3.8, 4) is 5.75 Å². The van der Waals surface area contributed by atoms with Crippen LogP contribution in [-0.2, 0) is 14.8 Å². The van der Waals surface area contributed by atoms with Crippen LogP contribution in [-0.4, -0.2) is 44.8 Å². The Hall–Kier alpha value is -2.06. The highest BCUT2D eigenvalue weighted by atomic mass is 35.5. The molecule has 156 valence electrons. The molecule has 0 aliphatic carbocycles. The molecule has 0 radical (unpaired) electrons. The second kappa shape index (κ2) is 9.63. The lowest BCUT2D eigenvalue weighted by Crippen LogP contribution is -2.37. The molecule has 4 rings (SSSR count). The van der Waals surface area contributed by atoms with Gasteiger partial charge in [-0.3, -0.25) is 0 Å². The standard InChI is InChI=1S/C21H24N2O4S.ClH/c24-28(25,18-5-2-1-3-6-18)23-13-9-19-20(23)7-4-8-21(19)27-16-12-22-17-10-14-26-15-11-17;/h1-9,13,17,22H,10-12,14-16H2;1H. The van der Waals surface area contributed by atoms with E-state index in [1.54, 1.807) is 48.7 Å². The van der Waals surface area contributed by atoms with E-state index in [1.807, 2.05) is 12.1 Å². The number of rotatable bonds is 7. The van der Waals surface area contributed by atoms with E-state index in [2.05, 4.69) is 5.32 Å². The number of halogens is 1. The highest BCUT2D eigenvalue weighted by Crippen LogP contribution is 2.29. The van der Waals surface area contributed by atoms with E-state index in [4.69, 9.17) is 9.47 Å². The molecule has 1 saturated heterocycles. The van der Waals surface area contributed by atoms with E-state index in [1.165, 1.54) is 3.97 Å². The molecule has 2 aromatic carbocycles. The Bertz CT molecular complexity index is 1030. The number of benzene rings is 2. The average molecular weight is 437 g/mol. The quantitative estimate of drug-likeness (QED) is 0.574. The van der Waals surface area contributed by atoms with Crippen molar-refractivity contribution < 1.29 is 17.9 Å². The number of aromatic nitrogens is 1. The van der Waals surface area contributed by atoms with E-state index in [0.29, 0.717) is 23.9 Å². The van der Waals surface area contributed by atoms with Gasteiger partial charge in [-0.2, -0.15) is 0 Å². The third-order valence-electron chi connectivity index (χ3n) is 4.97. The molecule has 1 fully saturated rings. The summed E-state index contributed by atoms with van der Waals surface area (Å²) in [6, 6.07) is 16.2. The van der Waals surface area contributed by atoms with Crippen LogP contribution in [0.4, 0.5) is 0 Å². The van der Waals surface area contributed by atoms with Crippen molar-refractivity contribution in [1.29, 1.82) is 0 Å². The predicted octanol–water partition coefficient (Wildman–Crippen LogP) is 3.45. The highest BCUT2D eigenvalue weighted by Gasteiger charge is 2.19. The lowest BCUT2D eigenvalue weighted by molar-refractivity contribution is 0.0770. The first-order valence-corrected chi connectivity index (χ1v) is 10.9. The molecule has 0 unspecified atom stereocenters. The molecule has 0 bridgehead atoms. The summed E-state index contributed by atoms with van der Waals surface area (Å²) in [6.07, 6.45) is 3.63. The minimum atomic E-state index is -3.64. The van der Waals surface area contributed by atoms with Crippen molar-refractivity contribution in [3.05, 3.63) is 60.8 Å². The molecule has 29 heavy (non-hydrogen) atoms. The number of ether oxygens (including phenoxy) is 2. The lowest BCUT2D eigenvalue weighted by Gasteiger charge is -2.23. The molecular formula is C21H25ClN2O4S. The fraction of sp³-hybridized carbons (Fsp3) is 0.333. The molecular weight excluding hydrogens is 412 g/mol. The summed E-state index contributed by atoms with van der Waals surface area (Å²) in [6.45, 7) is 2.87. The molecule has 2 heterocycles. The largest absolute Gasteiger partial charge is 0.492 e. The molecule has 8 heteroatoms. The van der Waals surface area contributed by atoms with Crippen molar-refractivity contribution in [3.63, 3.8) is 0 Å². The van der Waals surface area contributed by atoms with Gasteiger partial charge in [0, 0.05) is 37.4 Å². The maximum absolute atomic E-state index is 13.0. The topological polar surface area (TPSA) is 69.6 Å². The summed E-state index contributed by atoms with van der Waals surface area (Å²) < 4.78 is 38.5. The molecule has 1 N–H and O–H groups in total. The zero-order valence-electron chi connectivity index (χ0n) is 16.0. The van der Waals surface area contributed by atoms with Crippen molar-refractivity contribution in [2.75, 3.05) is 26.4 Å². The second-order valence-corrected chi connectivity index (χ2v) is 8.62. The van der Waals surface area contributed by atoms with Crippen LogP contribution in [0.3, 0.4) is 0 Å². The van der Waals surface area contributed by atoms with Crippen LogP contribution in [0.1, 0.15) is 12.8 Å². The first kappa shape index (κ1) is 21.6. The minimum Gasteiger partial charge on any atom is -0.492 e. The van der Waals surface area contributed by atoms with Gasteiger partial charge in [-0.05, 0) is 43.2 Å². The van der Waals surface area contributed by atoms with Crippen LogP contribution in [0.2, 0.25) is 0 Å². The molecule has 0 amide bonds. The molecule has 0 saturated carbocycles. The summed E-state index contributed by atoms with van der Waals surface area (Å²) in [5.41, 5.74) is 0.610. The van der Waals surface area contributed by atoms with Crippen LogP contribution < -0.4 is 10.1 Å². The third kappa shape index (κ3) is 4.75. The number of hydrogen-bond donors (Lipinski definition) is 1. The van der Waals surface area contributed by atoms with Gasteiger partial charge in [0.15, 0.2) is 0 Å². The van der Waals surface area contributed by atoms with Gasteiger partial charge in [0.05, 0.1) is 10.4 Å². The lowest BCUT2D eigenvalue weighted by atomic mass is 10.1. The van der Waals surface area contributed by atoms with Gasteiger partial charge in [0.25, 0.3) is 10.0 Å². The Balaban J connectivity index is 0.00000240. The van der Waals surface area contributed by atoms with Gasteiger partial charge >= 0.3 is 0 Å². The smallest absolute Gasteiger partial charge is 0.268 e. The summed E-state index contributed by atoms with van der Waals surface area (Å²) in [7, 11) is -3.64. The fourth-order valence-electron chi connectivity index (χ4n) is 3.48. The van der Waals surface area contributed by atoms with E-state index >= 15 is 0 Å². The molecule has 3 aromatic rings. The highest BCUT2D eigenvalue weighted by molar-refractivity contribution is 7.90. The van der Waals surface area contributed by atoms with Gasteiger partial charge in [-0.15, -0.1) is 12.4 Å². The van der Waals surface area contributed by atoms with Crippen molar-refractivity contribution in [2.24, 2.45) is 0 Å². The van der Waals surface area contributed by atoms with Gasteiger partial charge in [0.1, 0.15) is 12.4 Å². The van der Waals surface area contributed by atoms with Gasteiger partial charge < -0.3 is 14.8 Å². The Kier molecular flexibility index (Phi) is 7.18. The number of hydrogen-bond acceptors (Lipinski definition) is 5. The molecule has 6 nitrogen and oxygen atoms in total. The SMILES string of the molecule is Cl.O=S(=O)(c1ccccc1)n1ccc2c(OCCNC3CCOCC3)cccc21. The molecule has 1 aliphatic rings. The first-order chi connectivity index (χ1) is 13.7. The minimum absolute atomic E-state index is 0. The summed E-state index contributed by atoms with van der Waals surface area (Å²) in [5.74, 6) is 0.688. The van der Waals surface area contributed by atoms with E-state index < -0.39 is 10.0 Å². The normalized spacial score (nSPS) is 15.2. The van der Waals surface area contributed by atoms with Crippen LogP contribution in [0, 0.1) is 0 Å². The van der Waals surface area contributed by atoms with Crippen molar-refractivity contribution >= 4 is 33.3 Å². The Morgan fingerprint density at radius 1 is 1.03 bits per heavy atom. The fourth-order valence-corrected chi connectivity index (χ4v) is 4.85. The van der Waals surface area contributed by atoms with E-state index in [9.17, 15) is 8.42 Å². The predicted molar refractivity (Wildman–Crippen MR) is 116 cm³/mol. The maximum Gasteiger partial charge on any atom is 0.268 e. The van der Waals surface area contributed by atoms with E-state index in [0.717, 1.165) is 38.0 Å². The third-order valence-corrected chi connectivity index (χ3v) is 6.68. The van der Waals surface area contributed by atoms with Gasteiger partial charge in [0.2, 0.25) is 0 Å².